The third kappa shape index (κ3) is 3.10. The Morgan fingerprint density at radius 1 is 1.22 bits per heavy atom. The van der Waals surface area contributed by atoms with Crippen LogP contribution in [-0.4, -0.2) is 24.8 Å². The second-order valence-electron chi connectivity index (χ2n) is 5.10. The highest BCUT2D eigenvalue weighted by molar-refractivity contribution is 5.87. The highest BCUT2D eigenvalue weighted by Gasteiger charge is 2.22. The molecule has 0 aliphatic heterocycles. The van der Waals surface area contributed by atoms with Crippen LogP contribution in [0.5, 0.6) is 0 Å². The van der Waals surface area contributed by atoms with E-state index in [1.807, 2.05) is 12.1 Å². The van der Waals surface area contributed by atoms with Crippen LogP contribution in [0, 0.1) is 5.92 Å². The SMILES string of the molecule is COCC1CCC(c2ccc(C(=O)O)cc2)CC1. The second kappa shape index (κ2) is 6.01. The molecule has 18 heavy (non-hydrogen) atoms. The second-order valence-corrected chi connectivity index (χ2v) is 5.10. The van der Waals surface area contributed by atoms with E-state index < -0.39 is 5.97 Å². The first-order valence-corrected chi connectivity index (χ1v) is 6.53. The van der Waals surface area contributed by atoms with Gasteiger partial charge in [0.1, 0.15) is 0 Å². The monoisotopic (exact) mass is 248 g/mol. The van der Waals surface area contributed by atoms with Crippen LogP contribution in [0.1, 0.15) is 47.5 Å². The van der Waals surface area contributed by atoms with Crippen molar-refractivity contribution < 1.29 is 14.6 Å². The maximum Gasteiger partial charge on any atom is 0.335 e. The smallest absolute Gasteiger partial charge is 0.335 e. The van der Waals surface area contributed by atoms with E-state index in [9.17, 15) is 4.79 Å². The number of ether oxygens (including phenoxy) is 1. The van der Waals surface area contributed by atoms with Gasteiger partial charge in [0.05, 0.1) is 5.56 Å². The van der Waals surface area contributed by atoms with E-state index in [0.29, 0.717) is 17.4 Å². The Morgan fingerprint density at radius 3 is 2.33 bits per heavy atom. The van der Waals surface area contributed by atoms with Crippen molar-refractivity contribution in [1.82, 2.24) is 0 Å². The van der Waals surface area contributed by atoms with Crippen LogP contribution >= 0.6 is 0 Å². The number of carbonyl (C=O) groups is 1. The molecule has 1 aromatic carbocycles. The van der Waals surface area contributed by atoms with Crippen molar-refractivity contribution >= 4 is 5.97 Å². The summed E-state index contributed by atoms with van der Waals surface area (Å²) in [6.07, 6.45) is 4.78. The molecule has 1 aliphatic rings. The fourth-order valence-electron chi connectivity index (χ4n) is 2.80. The molecule has 2 rings (SSSR count). The molecule has 0 unspecified atom stereocenters. The summed E-state index contributed by atoms with van der Waals surface area (Å²) in [7, 11) is 1.76. The number of carboxylic acid groups (broad SMARTS) is 1. The Morgan fingerprint density at radius 2 is 1.83 bits per heavy atom. The Balaban J connectivity index is 1.95. The average molecular weight is 248 g/mol. The lowest BCUT2D eigenvalue weighted by Crippen LogP contribution is -2.17. The summed E-state index contributed by atoms with van der Waals surface area (Å²) in [6.45, 7) is 0.866. The van der Waals surface area contributed by atoms with Crippen LogP contribution in [0.25, 0.3) is 0 Å². The normalized spacial score (nSPS) is 23.8. The Hall–Kier alpha value is -1.35. The summed E-state index contributed by atoms with van der Waals surface area (Å²) in [5.74, 6) is 0.427. The number of benzene rings is 1. The molecule has 0 amide bonds. The van der Waals surface area contributed by atoms with E-state index in [4.69, 9.17) is 9.84 Å². The molecule has 98 valence electrons. The first-order chi connectivity index (χ1) is 8.70. The molecule has 3 heteroatoms. The predicted octanol–water partition coefficient (Wildman–Crippen LogP) is 3.31. The van der Waals surface area contributed by atoms with Gasteiger partial charge in [-0.2, -0.15) is 0 Å². The third-order valence-corrected chi connectivity index (χ3v) is 3.88. The molecule has 1 aromatic rings. The zero-order chi connectivity index (χ0) is 13.0. The quantitative estimate of drug-likeness (QED) is 0.889. The molecule has 3 nitrogen and oxygen atoms in total. The summed E-state index contributed by atoms with van der Waals surface area (Å²) in [4.78, 5) is 10.8. The fourth-order valence-corrected chi connectivity index (χ4v) is 2.80. The Bertz CT molecular complexity index is 389. The van der Waals surface area contributed by atoms with Crippen LogP contribution in [0.15, 0.2) is 24.3 Å². The van der Waals surface area contributed by atoms with Crippen LogP contribution in [0.2, 0.25) is 0 Å². The van der Waals surface area contributed by atoms with E-state index in [2.05, 4.69) is 0 Å². The minimum atomic E-state index is -0.856. The molecule has 1 saturated carbocycles. The molecule has 1 N–H and O–H groups in total. The molecule has 0 aromatic heterocycles. The van der Waals surface area contributed by atoms with Crippen molar-refractivity contribution in [3.05, 3.63) is 35.4 Å². The van der Waals surface area contributed by atoms with Gasteiger partial charge in [0.15, 0.2) is 0 Å². The topological polar surface area (TPSA) is 46.5 Å². The summed E-state index contributed by atoms with van der Waals surface area (Å²) in [6, 6.07) is 7.34. The van der Waals surface area contributed by atoms with E-state index in [0.717, 1.165) is 6.61 Å². The molecule has 0 radical (unpaired) electrons. The molecular weight excluding hydrogens is 228 g/mol. The zero-order valence-corrected chi connectivity index (χ0v) is 10.8. The lowest BCUT2D eigenvalue weighted by Gasteiger charge is -2.28. The van der Waals surface area contributed by atoms with E-state index in [-0.39, 0.29) is 0 Å². The minimum Gasteiger partial charge on any atom is -0.478 e. The zero-order valence-electron chi connectivity index (χ0n) is 10.8. The standard InChI is InChI=1S/C15H20O3/c1-18-10-11-2-4-12(5-3-11)13-6-8-14(9-7-13)15(16)17/h6-9,11-12H,2-5,10H2,1H3,(H,16,17). The first-order valence-electron chi connectivity index (χ1n) is 6.53. The molecule has 1 fully saturated rings. The van der Waals surface area contributed by atoms with Gasteiger partial charge in [0.25, 0.3) is 0 Å². The van der Waals surface area contributed by atoms with Gasteiger partial charge in [-0.05, 0) is 55.2 Å². The summed E-state index contributed by atoms with van der Waals surface area (Å²) in [5, 5.41) is 8.87. The van der Waals surface area contributed by atoms with Gasteiger partial charge in [-0.25, -0.2) is 4.79 Å². The molecule has 0 bridgehead atoms. The highest BCUT2D eigenvalue weighted by atomic mass is 16.5. The van der Waals surface area contributed by atoms with Gasteiger partial charge < -0.3 is 9.84 Å². The van der Waals surface area contributed by atoms with E-state index in [1.165, 1.54) is 31.2 Å². The number of carboxylic acids is 1. The minimum absolute atomic E-state index is 0.367. The predicted molar refractivity (Wildman–Crippen MR) is 70.0 cm³/mol. The number of aromatic carboxylic acids is 1. The number of rotatable bonds is 4. The van der Waals surface area contributed by atoms with Crippen LogP contribution in [0.4, 0.5) is 0 Å². The molecule has 0 atom stereocenters. The third-order valence-electron chi connectivity index (χ3n) is 3.88. The van der Waals surface area contributed by atoms with Gasteiger partial charge in [0, 0.05) is 13.7 Å². The molecule has 0 saturated heterocycles. The van der Waals surface area contributed by atoms with E-state index in [1.54, 1.807) is 19.2 Å². The number of methoxy groups -OCH3 is 1. The van der Waals surface area contributed by atoms with Gasteiger partial charge in [-0.15, -0.1) is 0 Å². The van der Waals surface area contributed by atoms with Crippen LogP contribution < -0.4 is 0 Å². The fraction of sp³-hybridized carbons (Fsp3) is 0.533. The van der Waals surface area contributed by atoms with Crippen molar-refractivity contribution in [2.45, 2.75) is 31.6 Å². The average Bonchev–Trinajstić information content (AvgIpc) is 2.40. The van der Waals surface area contributed by atoms with E-state index >= 15 is 0 Å². The molecule has 0 heterocycles. The van der Waals surface area contributed by atoms with Gasteiger partial charge in [-0.3, -0.25) is 0 Å². The number of hydrogen-bond donors (Lipinski definition) is 1. The Kier molecular flexibility index (Phi) is 4.37. The van der Waals surface area contributed by atoms with Crippen molar-refractivity contribution in [2.75, 3.05) is 13.7 Å². The van der Waals surface area contributed by atoms with Crippen LogP contribution in [-0.2, 0) is 4.74 Å². The van der Waals surface area contributed by atoms with Crippen molar-refractivity contribution in [3.63, 3.8) is 0 Å². The van der Waals surface area contributed by atoms with Gasteiger partial charge in [-0.1, -0.05) is 12.1 Å². The largest absolute Gasteiger partial charge is 0.478 e. The molecule has 1 aliphatic carbocycles. The number of hydrogen-bond acceptors (Lipinski definition) is 2. The first kappa shape index (κ1) is 13.1. The van der Waals surface area contributed by atoms with Crippen LogP contribution in [0.3, 0.4) is 0 Å². The molecular formula is C15H20O3. The highest BCUT2D eigenvalue weighted by Crippen LogP contribution is 2.35. The summed E-state index contributed by atoms with van der Waals surface area (Å²) in [5.41, 5.74) is 1.64. The van der Waals surface area contributed by atoms with Crippen molar-refractivity contribution in [2.24, 2.45) is 5.92 Å². The summed E-state index contributed by atoms with van der Waals surface area (Å²) < 4.78 is 5.20. The summed E-state index contributed by atoms with van der Waals surface area (Å²) >= 11 is 0. The van der Waals surface area contributed by atoms with Gasteiger partial charge in [0.2, 0.25) is 0 Å². The van der Waals surface area contributed by atoms with Crippen molar-refractivity contribution in [3.8, 4) is 0 Å². The Labute approximate surface area is 108 Å². The lowest BCUT2D eigenvalue weighted by molar-refractivity contribution is 0.0697. The lowest BCUT2D eigenvalue weighted by atomic mass is 9.79. The maximum atomic E-state index is 10.8. The van der Waals surface area contributed by atoms with Gasteiger partial charge >= 0.3 is 5.97 Å². The maximum absolute atomic E-state index is 10.8. The molecule has 0 spiro atoms. The van der Waals surface area contributed by atoms with Crippen molar-refractivity contribution in [1.29, 1.82) is 0 Å².